The summed E-state index contributed by atoms with van der Waals surface area (Å²) >= 11 is 0. The van der Waals surface area contributed by atoms with E-state index in [4.69, 9.17) is 4.99 Å². The van der Waals surface area contributed by atoms with Gasteiger partial charge < -0.3 is 10.6 Å². The third-order valence-electron chi connectivity index (χ3n) is 5.43. The standard InChI is InChI=1S/C25H53N3/c1-4-7-10-13-16-19-22-26-25(27-23-20-17-14-11-8-5-2)28-24-21-18-15-12-9-6-3/h4-24H2,1-3H3,(H2,26,27,28). The zero-order valence-corrected chi connectivity index (χ0v) is 19.8. The van der Waals surface area contributed by atoms with Crippen LogP contribution < -0.4 is 10.6 Å². The Morgan fingerprint density at radius 1 is 0.464 bits per heavy atom. The fourth-order valence-electron chi connectivity index (χ4n) is 3.48. The summed E-state index contributed by atoms with van der Waals surface area (Å²) in [5.41, 5.74) is 0. The Kier molecular flexibility index (Phi) is 23.7. The topological polar surface area (TPSA) is 36.4 Å². The van der Waals surface area contributed by atoms with E-state index in [1.165, 1.54) is 116 Å². The number of aliphatic imine (C=N–C) groups is 1. The van der Waals surface area contributed by atoms with Crippen LogP contribution in [0.25, 0.3) is 0 Å². The van der Waals surface area contributed by atoms with E-state index in [0.717, 1.165) is 25.6 Å². The second-order valence-corrected chi connectivity index (χ2v) is 8.39. The predicted molar refractivity (Wildman–Crippen MR) is 128 cm³/mol. The van der Waals surface area contributed by atoms with Crippen LogP contribution >= 0.6 is 0 Å². The molecule has 0 spiro atoms. The van der Waals surface area contributed by atoms with Gasteiger partial charge in [0, 0.05) is 19.6 Å². The lowest BCUT2D eigenvalue weighted by molar-refractivity contribution is 0.587. The first kappa shape index (κ1) is 27.3. The summed E-state index contributed by atoms with van der Waals surface area (Å²) in [5, 5.41) is 7.14. The van der Waals surface area contributed by atoms with Gasteiger partial charge in [-0.2, -0.15) is 0 Å². The van der Waals surface area contributed by atoms with Crippen molar-refractivity contribution >= 4 is 5.96 Å². The summed E-state index contributed by atoms with van der Waals surface area (Å²) in [7, 11) is 0. The predicted octanol–water partition coefficient (Wildman–Crippen LogP) is 7.60. The maximum atomic E-state index is 4.83. The molecular weight excluding hydrogens is 342 g/mol. The molecule has 0 aromatic carbocycles. The van der Waals surface area contributed by atoms with Crippen molar-refractivity contribution in [2.75, 3.05) is 19.6 Å². The number of nitrogens with one attached hydrogen (secondary N) is 2. The third kappa shape index (κ3) is 21.6. The van der Waals surface area contributed by atoms with E-state index >= 15 is 0 Å². The van der Waals surface area contributed by atoms with Gasteiger partial charge in [0.25, 0.3) is 0 Å². The molecule has 0 rings (SSSR count). The average molecular weight is 396 g/mol. The minimum Gasteiger partial charge on any atom is -0.356 e. The smallest absolute Gasteiger partial charge is 0.191 e. The van der Waals surface area contributed by atoms with Gasteiger partial charge in [0.15, 0.2) is 5.96 Å². The van der Waals surface area contributed by atoms with Crippen LogP contribution in [0.15, 0.2) is 4.99 Å². The molecule has 0 aliphatic carbocycles. The molecule has 28 heavy (non-hydrogen) atoms. The summed E-state index contributed by atoms with van der Waals surface area (Å²) in [6.07, 6.45) is 24.2. The van der Waals surface area contributed by atoms with E-state index in [-0.39, 0.29) is 0 Å². The molecule has 0 aromatic rings. The van der Waals surface area contributed by atoms with Gasteiger partial charge in [-0.15, -0.1) is 0 Å². The third-order valence-corrected chi connectivity index (χ3v) is 5.43. The van der Waals surface area contributed by atoms with Crippen molar-refractivity contribution in [3.05, 3.63) is 0 Å². The molecule has 168 valence electrons. The second-order valence-electron chi connectivity index (χ2n) is 8.39. The first-order valence-corrected chi connectivity index (χ1v) is 12.9. The molecule has 0 fully saturated rings. The van der Waals surface area contributed by atoms with Gasteiger partial charge in [-0.3, -0.25) is 4.99 Å². The number of unbranched alkanes of at least 4 members (excludes halogenated alkanes) is 15. The van der Waals surface area contributed by atoms with E-state index in [2.05, 4.69) is 31.4 Å². The SMILES string of the molecule is CCCCCCCCN=C(NCCCCCCCC)NCCCCCCCC. The molecular formula is C25H53N3. The number of hydrogen-bond acceptors (Lipinski definition) is 1. The lowest BCUT2D eigenvalue weighted by Gasteiger charge is -2.13. The Morgan fingerprint density at radius 2 is 0.821 bits per heavy atom. The van der Waals surface area contributed by atoms with Crippen LogP contribution in [-0.4, -0.2) is 25.6 Å². The number of hydrogen-bond donors (Lipinski definition) is 2. The molecule has 0 atom stereocenters. The van der Waals surface area contributed by atoms with Crippen molar-refractivity contribution < 1.29 is 0 Å². The normalized spacial score (nSPS) is 10.8. The van der Waals surface area contributed by atoms with E-state index in [0.29, 0.717) is 0 Å². The highest BCUT2D eigenvalue weighted by molar-refractivity contribution is 5.79. The Balaban J connectivity index is 3.93. The highest BCUT2D eigenvalue weighted by Gasteiger charge is 1.99. The quantitative estimate of drug-likeness (QED) is 0.119. The maximum Gasteiger partial charge on any atom is 0.191 e. The van der Waals surface area contributed by atoms with Crippen LogP contribution in [0.4, 0.5) is 0 Å². The van der Waals surface area contributed by atoms with Crippen molar-refractivity contribution in [3.8, 4) is 0 Å². The van der Waals surface area contributed by atoms with E-state index in [1.54, 1.807) is 0 Å². The van der Waals surface area contributed by atoms with Crippen LogP contribution in [0.5, 0.6) is 0 Å². The Morgan fingerprint density at radius 3 is 1.25 bits per heavy atom. The monoisotopic (exact) mass is 395 g/mol. The van der Waals surface area contributed by atoms with Gasteiger partial charge in [0.05, 0.1) is 0 Å². The molecule has 0 bridgehead atoms. The highest BCUT2D eigenvalue weighted by Crippen LogP contribution is 2.06. The molecule has 0 amide bonds. The van der Waals surface area contributed by atoms with Gasteiger partial charge in [-0.05, 0) is 19.3 Å². The van der Waals surface area contributed by atoms with E-state index in [9.17, 15) is 0 Å². The zero-order chi connectivity index (χ0) is 20.5. The van der Waals surface area contributed by atoms with Gasteiger partial charge in [-0.25, -0.2) is 0 Å². The van der Waals surface area contributed by atoms with Gasteiger partial charge >= 0.3 is 0 Å². The van der Waals surface area contributed by atoms with Crippen molar-refractivity contribution in [1.29, 1.82) is 0 Å². The fraction of sp³-hybridized carbons (Fsp3) is 0.960. The lowest BCUT2D eigenvalue weighted by Crippen LogP contribution is -2.38. The van der Waals surface area contributed by atoms with E-state index < -0.39 is 0 Å². The van der Waals surface area contributed by atoms with Crippen molar-refractivity contribution in [2.24, 2.45) is 4.99 Å². The second kappa shape index (κ2) is 24.3. The largest absolute Gasteiger partial charge is 0.356 e. The Labute approximate surface area is 177 Å². The van der Waals surface area contributed by atoms with Crippen LogP contribution in [-0.2, 0) is 0 Å². The highest BCUT2D eigenvalue weighted by atomic mass is 15.2. The van der Waals surface area contributed by atoms with Crippen molar-refractivity contribution in [3.63, 3.8) is 0 Å². The zero-order valence-electron chi connectivity index (χ0n) is 19.8. The summed E-state index contributed by atoms with van der Waals surface area (Å²) < 4.78 is 0. The molecule has 3 nitrogen and oxygen atoms in total. The van der Waals surface area contributed by atoms with Crippen molar-refractivity contribution in [2.45, 2.75) is 136 Å². The molecule has 0 aromatic heterocycles. The minimum atomic E-state index is 0.967. The number of nitrogens with zero attached hydrogens (tertiary/aromatic N) is 1. The van der Waals surface area contributed by atoms with Crippen molar-refractivity contribution in [1.82, 2.24) is 10.6 Å². The van der Waals surface area contributed by atoms with Gasteiger partial charge in [-0.1, -0.05) is 117 Å². The molecule has 0 aliphatic heterocycles. The van der Waals surface area contributed by atoms with Crippen LogP contribution in [0, 0.1) is 0 Å². The molecule has 0 saturated carbocycles. The van der Waals surface area contributed by atoms with Gasteiger partial charge in [0.2, 0.25) is 0 Å². The van der Waals surface area contributed by atoms with Crippen LogP contribution in [0.3, 0.4) is 0 Å². The molecule has 0 radical (unpaired) electrons. The molecule has 0 heterocycles. The molecule has 0 aliphatic rings. The average Bonchev–Trinajstić information content (AvgIpc) is 2.71. The molecule has 3 heteroatoms. The fourth-order valence-corrected chi connectivity index (χ4v) is 3.48. The maximum absolute atomic E-state index is 4.83. The van der Waals surface area contributed by atoms with E-state index in [1.807, 2.05) is 0 Å². The summed E-state index contributed by atoms with van der Waals surface area (Å²) in [4.78, 5) is 4.83. The molecule has 2 N–H and O–H groups in total. The minimum absolute atomic E-state index is 0.967. The number of guanidine groups is 1. The molecule has 0 unspecified atom stereocenters. The Bertz CT molecular complexity index is 295. The first-order valence-electron chi connectivity index (χ1n) is 12.9. The van der Waals surface area contributed by atoms with Crippen LogP contribution in [0.2, 0.25) is 0 Å². The summed E-state index contributed by atoms with van der Waals surface area (Å²) in [5.74, 6) is 1.05. The number of rotatable bonds is 21. The molecule has 0 saturated heterocycles. The Hall–Kier alpha value is -0.730. The lowest BCUT2D eigenvalue weighted by atomic mass is 10.1. The first-order chi connectivity index (χ1) is 13.8. The van der Waals surface area contributed by atoms with Gasteiger partial charge in [0.1, 0.15) is 0 Å². The summed E-state index contributed by atoms with van der Waals surface area (Å²) in [6.45, 7) is 9.93. The summed E-state index contributed by atoms with van der Waals surface area (Å²) in [6, 6.07) is 0. The van der Waals surface area contributed by atoms with Crippen LogP contribution in [0.1, 0.15) is 136 Å².